The zero-order valence-electron chi connectivity index (χ0n) is 53.1. The van der Waals surface area contributed by atoms with E-state index in [1.165, 1.54) is 23.2 Å². The van der Waals surface area contributed by atoms with Crippen LogP contribution in [-0.4, -0.2) is 109 Å². The van der Waals surface area contributed by atoms with Gasteiger partial charge in [0.2, 0.25) is 0 Å². The number of hydrogen-bond acceptors (Lipinski definition) is 10. The lowest BCUT2D eigenvalue weighted by molar-refractivity contribution is -0.271. The molecule has 3 aromatic heterocycles. The van der Waals surface area contributed by atoms with Crippen molar-refractivity contribution in [2.75, 3.05) is 26.9 Å². The number of nitrogens with one attached hydrogen (secondary N) is 3. The number of allylic oxidation sites excluding steroid dienone is 1. The van der Waals surface area contributed by atoms with Crippen LogP contribution in [0.25, 0.3) is 11.0 Å². The molecule has 2 saturated heterocycles. The van der Waals surface area contributed by atoms with Gasteiger partial charge in [0.25, 0.3) is 0 Å². The Hall–Kier alpha value is -4.21. The van der Waals surface area contributed by atoms with Crippen LogP contribution in [0.4, 0.5) is 0 Å². The van der Waals surface area contributed by atoms with Gasteiger partial charge in [0.15, 0.2) is 5.78 Å². The summed E-state index contributed by atoms with van der Waals surface area (Å²) in [5.41, 5.74) is 7.27. The lowest BCUT2D eigenvalue weighted by atomic mass is 9.27. The quantitative estimate of drug-likeness (QED) is 0.0791. The van der Waals surface area contributed by atoms with Gasteiger partial charge >= 0.3 is 0 Å². The molecule has 3 aliphatic heterocycles. The molecule has 17 unspecified atom stereocenters. The molecule has 16 rings (SSSR count). The Bertz CT molecular complexity index is 3540. The fraction of sp³-hybridized carbons (Fsp3) is 0.716. The molecule has 2 bridgehead atoms. The van der Waals surface area contributed by atoms with E-state index in [0.29, 0.717) is 88.7 Å². The van der Waals surface area contributed by atoms with Crippen LogP contribution >= 0.6 is 0 Å². The van der Waals surface area contributed by atoms with Gasteiger partial charge in [0, 0.05) is 110 Å². The van der Waals surface area contributed by atoms with E-state index in [2.05, 4.69) is 91.4 Å². The number of Topliss-reactive ketones (excluding diaryl/α,β-unsaturated/α-hetero) is 3. The van der Waals surface area contributed by atoms with Crippen molar-refractivity contribution >= 4 is 28.4 Å². The topological polar surface area (TPSA) is 202 Å². The molecular formula is C74H98N4O9. The molecule has 4 aromatic rings. The molecule has 13 nitrogen and oxygen atoms in total. The first-order valence-electron chi connectivity index (χ1n) is 34.6. The maximum atomic E-state index is 16.5. The second kappa shape index (κ2) is 19.7. The molecule has 13 heteroatoms. The van der Waals surface area contributed by atoms with Gasteiger partial charge in [0.05, 0.1) is 46.3 Å². The minimum atomic E-state index is -1.12. The number of aromatic amines is 2. The van der Waals surface area contributed by atoms with Crippen LogP contribution in [0.1, 0.15) is 238 Å². The Balaban J connectivity index is 0.912. The molecule has 9 aliphatic carbocycles. The van der Waals surface area contributed by atoms with Gasteiger partial charge in [-0.2, -0.15) is 0 Å². The highest BCUT2D eigenvalue weighted by molar-refractivity contribution is 6.02. The summed E-state index contributed by atoms with van der Waals surface area (Å²) in [6.45, 7) is 14.9. The van der Waals surface area contributed by atoms with Gasteiger partial charge in [-0.25, -0.2) is 0 Å². The number of carbonyl (C=O) groups is 3. The van der Waals surface area contributed by atoms with Gasteiger partial charge in [-0.1, -0.05) is 65.5 Å². The lowest BCUT2D eigenvalue weighted by Crippen LogP contribution is -2.75. The lowest BCUT2D eigenvalue weighted by Gasteiger charge is -2.76. The Labute approximate surface area is 514 Å². The first-order valence-corrected chi connectivity index (χ1v) is 34.6. The van der Waals surface area contributed by atoms with Gasteiger partial charge in [0.1, 0.15) is 17.7 Å². The first kappa shape index (κ1) is 57.9. The highest BCUT2D eigenvalue weighted by Crippen LogP contribution is 2.84. The van der Waals surface area contributed by atoms with Crippen molar-refractivity contribution in [3.63, 3.8) is 0 Å². The number of H-pyrrole nitrogens is 2. The number of ether oxygens (including phenoxy) is 2. The largest absolute Gasteiger partial charge is 0.396 e. The number of benzene rings is 1. The average molecular weight is 1190 g/mol. The first-order chi connectivity index (χ1) is 41.6. The second-order valence-corrected chi connectivity index (χ2v) is 32.7. The van der Waals surface area contributed by atoms with Gasteiger partial charge in [-0.05, 0) is 208 Å². The predicted molar refractivity (Wildman–Crippen MR) is 332 cm³/mol. The fourth-order valence-corrected chi connectivity index (χ4v) is 24.5. The molecule has 17 atom stereocenters. The van der Waals surface area contributed by atoms with Crippen LogP contribution in [0.5, 0.6) is 0 Å². The maximum absolute atomic E-state index is 16.5. The van der Waals surface area contributed by atoms with Crippen molar-refractivity contribution in [1.29, 1.82) is 0 Å². The Morgan fingerprint density at radius 2 is 1.64 bits per heavy atom. The zero-order chi connectivity index (χ0) is 60.3. The van der Waals surface area contributed by atoms with E-state index in [1.54, 1.807) is 0 Å². The number of fused-ring (bicyclic) bond motifs is 10. The number of aryl methyl sites for hydroxylation is 1. The third kappa shape index (κ3) is 7.72. The number of hydrogen-bond donors (Lipinski definition) is 7. The molecule has 2 spiro atoms. The number of aromatic nitrogens is 3. The van der Waals surface area contributed by atoms with Crippen molar-refractivity contribution in [3.8, 4) is 0 Å². The summed E-state index contributed by atoms with van der Waals surface area (Å²) in [7, 11) is 2.07. The summed E-state index contributed by atoms with van der Waals surface area (Å²) in [4.78, 5) is 56.1. The second-order valence-electron chi connectivity index (χ2n) is 32.7. The molecule has 6 saturated carbocycles. The molecule has 7 N–H and O–H groups in total. The number of rotatable bonds is 9. The van der Waals surface area contributed by atoms with E-state index in [-0.39, 0.29) is 48.1 Å². The highest BCUT2D eigenvalue weighted by Gasteiger charge is 2.81. The fourth-order valence-electron chi connectivity index (χ4n) is 24.5. The number of nitrogens with zero attached hydrogens (tertiary/aromatic N) is 1. The van der Waals surface area contributed by atoms with Gasteiger partial charge < -0.3 is 49.8 Å². The van der Waals surface area contributed by atoms with Gasteiger partial charge in [-0.15, -0.1) is 0 Å². The van der Waals surface area contributed by atoms with Crippen LogP contribution in [0, 0.1) is 56.2 Å². The van der Waals surface area contributed by atoms with E-state index in [9.17, 15) is 20.4 Å². The van der Waals surface area contributed by atoms with Crippen molar-refractivity contribution in [2.24, 2.45) is 56.2 Å². The molecule has 468 valence electrons. The monoisotopic (exact) mass is 1190 g/mol. The molecule has 6 heterocycles. The molecule has 0 amide bonds. The average Bonchev–Trinajstić information content (AvgIpc) is 1.64. The van der Waals surface area contributed by atoms with Crippen molar-refractivity contribution in [3.05, 3.63) is 92.6 Å². The van der Waals surface area contributed by atoms with E-state index in [1.807, 2.05) is 13.8 Å². The Morgan fingerprint density at radius 1 is 0.862 bits per heavy atom. The van der Waals surface area contributed by atoms with Crippen molar-refractivity contribution in [2.45, 2.75) is 249 Å². The summed E-state index contributed by atoms with van der Waals surface area (Å²) < 4.78 is 14.5. The molecule has 12 aliphatic rings. The van der Waals surface area contributed by atoms with Crippen molar-refractivity contribution < 1.29 is 44.3 Å². The minimum Gasteiger partial charge on any atom is -0.396 e. The van der Waals surface area contributed by atoms with E-state index >= 15 is 14.4 Å². The van der Waals surface area contributed by atoms with Crippen molar-refractivity contribution in [1.82, 2.24) is 19.9 Å². The van der Waals surface area contributed by atoms with Crippen LogP contribution < -0.4 is 5.32 Å². The minimum absolute atomic E-state index is 0.0393. The Kier molecular flexibility index (Phi) is 13.1. The normalized spacial score (nSPS) is 42.1. The SMILES string of the molecule is CNC1CCCC2(C1)C(=O)C1c3cc[nH]c3C3CCC1(C3)C1(C)C2CCC2(C)C1C(O)C1Cn3cc(C4C(=O)C(CCO)Cc5c4cc(C4CCCCC4)cc5C4(O)CCOCC4)c4[nH]cc(c43)CCC(C)(CC(O)C3OC3(C)C)C3=C1C2(C)CC3=O. The van der Waals surface area contributed by atoms with Crippen LogP contribution in [0.2, 0.25) is 0 Å². The Morgan fingerprint density at radius 3 is 2.39 bits per heavy atom. The smallest absolute Gasteiger partial charge is 0.160 e. The van der Waals surface area contributed by atoms with E-state index < -0.39 is 73.7 Å². The number of aliphatic hydroxyl groups excluding tert-OH is 3. The van der Waals surface area contributed by atoms with Crippen LogP contribution in [0.15, 0.2) is 47.9 Å². The molecule has 87 heavy (non-hydrogen) atoms. The maximum Gasteiger partial charge on any atom is 0.160 e. The van der Waals surface area contributed by atoms with Crippen LogP contribution in [-0.2, 0) is 48.8 Å². The number of ketones is 3. The van der Waals surface area contributed by atoms with Crippen LogP contribution in [0.3, 0.4) is 0 Å². The summed E-state index contributed by atoms with van der Waals surface area (Å²) >= 11 is 0. The summed E-state index contributed by atoms with van der Waals surface area (Å²) in [5, 5.41) is 54.7. The summed E-state index contributed by atoms with van der Waals surface area (Å²) in [5.74, 6) is -0.894. The van der Waals surface area contributed by atoms with E-state index in [0.717, 1.165) is 133 Å². The highest BCUT2D eigenvalue weighted by atomic mass is 16.6. The number of carbonyl (C=O) groups excluding carboxylic acids is 3. The summed E-state index contributed by atoms with van der Waals surface area (Å²) in [6, 6.07) is 7.09. The number of epoxide rings is 1. The molecule has 1 aromatic carbocycles. The molecule has 0 radical (unpaired) electrons. The predicted octanol–water partition coefficient (Wildman–Crippen LogP) is 11.6. The number of aliphatic hydroxyl groups is 4. The summed E-state index contributed by atoms with van der Waals surface area (Å²) in [6.07, 6.45) is 21.8. The third-order valence-electron chi connectivity index (χ3n) is 28.6. The van der Waals surface area contributed by atoms with Gasteiger partial charge in [-0.3, -0.25) is 14.4 Å². The van der Waals surface area contributed by atoms with E-state index in [4.69, 9.17) is 9.47 Å². The standard InChI is InChI=1S/C74H98N4O9/c1-67(2)66(87-67)53(81)35-68(3)21-15-43-37-77-60-49(55-48-31-44(40-12-9-8-10-13-40)32-51(74(85)24-28-86-29-25-74)47(48)30-41(19-27-79)62(55)82)38-78(61(43)60)39-50-56-58(68)52(80)36-70(56,5)69(4)22-17-54-71(6,64(69)63(50)83)73-23-16-42(33-73)59-46(18-26-76-59)57(73)65(84)72(54)20-11-14-45(34-72)75-7/h18,26,31-32,37-38,40-42,45,50,53-55,57,63-64,66,75-77,79,81,83,85H,8-17,19-25,27-30,33-36,39H2,1-7H3. The molecule has 8 fully saturated rings. The molecular weight excluding hydrogens is 1090 g/mol. The zero-order valence-corrected chi connectivity index (χ0v) is 53.1. The third-order valence-corrected chi connectivity index (χ3v) is 28.6.